The summed E-state index contributed by atoms with van der Waals surface area (Å²) in [5.41, 5.74) is 4.99. The molecular weight excluding hydrogens is 134 g/mol. The number of ether oxygens (including phenoxy) is 1. The molecule has 1 aliphatic heterocycles. The molecule has 1 rings (SSSR count). The van der Waals surface area contributed by atoms with E-state index >= 15 is 0 Å². The van der Waals surface area contributed by atoms with E-state index < -0.39 is 0 Å². The molecular formula is C5H11N3O2. The second-order valence-corrected chi connectivity index (χ2v) is 1.98. The first kappa shape index (κ1) is 7.30. The fourth-order valence-corrected chi connectivity index (χ4v) is 0.760. The number of carbonyl (C=O) groups excluding carboxylic acids is 1. The number of amides is 2. The summed E-state index contributed by atoms with van der Waals surface area (Å²) in [5, 5.41) is 0. The van der Waals surface area contributed by atoms with Gasteiger partial charge in [0.05, 0.1) is 6.61 Å². The lowest BCUT2D eigenvalue weighted by molar-refractivity contribution is 0.143. The minimum atomic E-state index is -0.139. The maximum Gasteiger partial charge on any atom is 0.333 e. The first-order valence-corrected chi connectivity index (χ1v) is 3.14. The summed E-state index contributed by atoms with van der Waals surface area (Å²) in [6, 6.07) is -0.139. The van der Waals surface area contributed by atoms with Gasteiger partial charge in [0.2, 0.25) is 0 Å². The average molecular weight is 145 g/mol. The number of nitrogens with one attached hydrogen (secondary N) is 2. The van der Waals surface area contributed by atoms with E-state index in [1.165, 1.54) is 0 Å². The standard InChI is InChI=1S/C5H11N3O2/c1-6-7-5(9)8-2-3-10-4-8/h6H,2-4H2,1H3,(H,7,9). The minimum absolute atomic E-state index is 0.139. The number of hydrazine groups is 1. The van der Waals surface area contributed by atoms with Gasteiger partial charge in [0.25, 0.3) is 0 Å². The van der Waals surface area contributed by atoms with E-state index in [2.05, 4.69) is 10.9 Å². The first-order chi connectivity index (χ1) is 4.84. The zero-order valence-electron chi connectivity index (χ0n) is 5.89. The fraction of sp³-hybridized carbons (Fsp3) is 0.800. The van der Waals surface area contributed by atoms with Gasteiger partial charge in [-0.15, -0.1) is 0 Å². The van der Waals surface area contributed by atoms with E-state index in [9.17, 15) is 4.79 Å². The van der Waals surface area contributed by atoms with Crippen molar-refractivity contribution in [2.45, 2.75) is 0 Å². The highest BCUT2D eigenvalue weighted by Gasteiger charge is 2.16. The summed E-state index contributed by atoms with van der Waals surface area (Å²) in [6.45, 7) is 1.71. The van der Waals surface area contributed by atoms with Gasteiger partial charge in [-0.2, -0.15) is 0 Å². The van der Waals surface area contributed by atoms with Crippen LogP contribution in [0.25, 0.3) is 0 Å². The van der Waals surface area contributed by atoms with E-state index in [0.29, 0.717) is 19.9 Å². The highest BCUT2D eigenvalue weighted by molar-refractivity contribution is 5.73. The van der Waals surface area contributed by atoms with Gasteiger partial charge < -0.3 is 4.74 Å². The molecule has 0 unspecified atom stereocenters. The Balaban J connectivity index is 2.25. The van der Waals surface area contributed by atoms with Gasteiger partial charge >= 0.3 is 6.03 Å². The molecule has 2 N–H and O–H groups in total. The Morgan fingerprint density at radius 2 is 2.50 bits per heavy atom. The molecule has 1 heterocycles. The first-order valence-electron chi connectivity index (χ1n) is 3.14. The van der Waals surface area contributed by atoms with E-state index in [1.807, 2.05) is 0 Å². The van der Waals surface area contributed by atoms with Crippen molar-refractivity contribution >= 4 is 6.03 Å². The van der Waals surface area contributed by atoms with Crippen molar-refractivity contribution in [1.82, 2.24) is 15.8 Å². The topological polar surface area (TPSA) is 53.6 Å². The molecule has 5 heteroatoms. The van der Waals surface area contributed by atoms with Crippen LogP contribution < -0.4 is 10.9 Å². The summed E-state index contributed by atoms with van der Waals surface area (Å²) in [7, 11) is 1.65. The third kappa shape index (κ3) is 1.58. The number of rotatable bonds is 1. The highest BCUT2D eigenvalue weighted by atomic mass is 16.5. The van der Waals surface area contributed by atoms with Crippen LogP contribution in [0.5, 0.6) is 0 Å². The molecule has 0 aromatic carbocycles. The predicted molar refractivity (Wildman–Crippen MR) is 35.1 cm³/mol. The molecule has 0 bridgehead atoms. The molecule has 2 amide bonds. The van der Waals surface area contributed by atoms with E-state index in [0.717, 1.165) is 0 Å². The van der Waals surface area contributed by atoms with Crippen LogP contribution in [0.1, 0.15) is 0 Å². The van der Waals surface area contributed by atoms with Crippen molar-refractivity contribution in [1.29, 1.82) is 0 Å². The van der Waals surface area contributed by atoms with Gasteiger partial charge in [0, 0.05) is 13.6 Å². The largest absolute Gasteiger partial charge is 0.359 e. The third-order valence-electron chi connectivity index (χ3n) is 1.27. The second-order valence-electron chi connectivity index (χ2n) is 1.98. The van der Waals surface area contributed by atoms with Crippen molar-refractivity contribution in [2.24, 2.45) is 0 Å². The summed E-state index contributed by atoms with van der Waals surface area (Å²) < 4.78 is 4.96. The Hall–Kier alpha value is -0.810. The molecule has 0 atom stereocenters. The van der Waals surface area contributed by atoms with Gasteiger partial charge in [-0.1, -0.05) is 0 Å². The lowest BCUT2D eigenvalue weighted by Crippen LogP contribution is -2.43. The van der Waals surface area contributed by atoms with Crippen LogP contribution in [0.4, 0.5) is 4.79 Å². The number of hydrogen-bond acceptors (Lipinski definition) is 3. The summed E-state index contributed by atoms with van der Waals surface area (Å²) in [6.07, 6.45) is 0. The number of carbonyl (C=O) groups is 1. The van der Waals surface area contributed by atoms with Gasteiger partial charge in [-0.3, -0.25) is 10.3 Å². The maximum atomic E-state index is 10.9. The van der Waals surface area contributed by atoms with Gasteiger partial charge in [0.1, 0.15) is 6.73 Å². The maximum absolute atomic E-state index is 10.9. The van der Waals surface area contributed by atoms with Crippen LogP contribution in [-0.2, 0) is 4.74 Å². The third-order valence-corrected chi connectivity index (χ3v) is 1.27. The Bertz CT molecular complexity index is 122. The Morgan fingerprint density at radius 1 is 1.70 bits per heavy atom. The number of urea groups is 1. The monoisotopic (exact) mass is 145 g/mol. The quantitative estimate of drug-likeness (QED) is 0.471. The summed E-state index contributed by atoms with van der Waals surface area (Å²) in [4.78, 5) is 12.5. The Kier molecular flexibility index (Phi) is 2.47. The van der Waals surface area contributed by atoms with Crippen LogP contribution in [0.2, 0.25) is 0 Å². The lowest BCUT2D eigenvalue weighted by atomic mass is 10.6. The second kappa shape index (κ2) is 3.38. The van der Waals surface area contributed by atoms with Crippen LogP contribution in [0, 0.1) is 0 Å². The van der Waals surface area contributed by atoms with Crippen LogP contribution in [-0.4, -0.2) is 37.9 Å². The molecule has 0 spiro atoms. The predicted octanol–water partition coefficient (Wildman–Crippen LogP) is -0.880. The van der Waals surface area contributed by atoms with Gasteiger partial charge in [-0.05, 0) is 0 Å². The van der Waals surface area contributed by atoms with Crippen molar-refractivity contribution in [3.63, 3.8) is 0 Å². The lowest BCUT2D eigenvalue weighted by Gasteiger charge is -2.12. The molecule has 0 aromatic heterocycles. The smallest absolute Gasteiger partial charge is 0.333 e. The number of nitrogens with zero attached hydrogens (tertiary/aromatic N) is 1. The summed E-state index contributed by atoms with van der Waals surface area (Å²) in [5.74, 6) is 0. The Labute approximate surface area is 59.3 Å². The molecule has 0 radical (unpaired) electrons. The van der Waals surface area contributed by atoms with Crippen molar-refractivity contribution in [2.75, 3.05) is 26.9 Å². The zero-order valence-corrected chi connectivity index (χ0v) is 5.89. The van der Waals surface area contributed by atoms with E-state index in [-0.39, 0.29) is 6.03 Å². The van der Waals surface area contributed by atoms with Gasteiger partial charge in [0.15, 0.2) is 0 Å². The van der Waals surface area contributed by atoms with Gasteiger partial charge in [-0.25, -0.2) is 10.2 Å². The molecule has 10 heavy (non-hydrogen) atoms. The molecule has 1 fully saturated rings. The molecule has 0 aromatic rings. The van der Waals surface area contributed by atoms with Crippen molar-refractivity contribution in [3.8, 4) is 0 Å². The molecule has 58 valence electrons. The normalized spacial score (nSPS) is 17.5. The summed E-state index contributed by atoms with van der Waals surface area (Å²) >= 11 is 0. The highest BCUT2D eigenvalue weighted by Crippen LogP contribution is 1.97. The molecule has 5 nitrogen and oxygen atoms in total. The van der Waals surface area contributed by atoms with Crippen LogP contribution in [0.3, 0.4) is 0 Å². The van der Waals surface area contributed by atoms with Crippen LogP contribution in [0.15, 0.2) is 0 Å². The minimum Gasteiger partial charge on any atom is -0.359 e. The van der Waals surface area contributed by atoms with E-state index in [1.54, 1.807) is 11.9 Å². The van der Waals surface area contributed by atoms with Crippen molar-refractivity contribution in [3.05, 3.63) is 0 Å². The molecule has 0 aliphatic carbocycles. The van der Waals surface area contributed by atoms with Crippen LogP contribution >= 0.6 is 0 Å². The van der Waals surface area contributed by atoms with Crippen molar-refractivity contribution < 1.29 is 9.53 Å². The Morgan fingerprint density at radius 3 is 3.00 bits per heavy atom. The molecule has 1 saturated heterocycles. The SMILES string of the molecule is CNNC(=O)N1CCOC1. The molecule has 1 aliphatic rings. The van der Waals surface area contributed by atoms with E-state index in [4.69, 9.17) is 4.74 Å². The number of hydrogen-bond donors (Lipinski definition) is 2. The zero-order chi connectivity index (χ0) is 7.40. The average Bonchev–Trinajstić information content (AvgIpc) is 2.38. The molecule has 0 saturated carbocycles. The fourth-order valence-electron chi connectivity index (χ4n) is 0.760.